The van der Waals surface area contributed by atoms with Gasteiger partial charge in [0, 0.05) is 12.1 Å². The van der Waals surface area contributed by atoms with Crippen molar-refractivity contribution in [2.75, 3.05) is 7.11 Å². The second kappa shape index (κ2) is 9.81. The van der Waals surface area contributed by atoms with Crippen LogP contribution in [0.4, 0.5) is 0 Å². The Morgan fingerprint density at radius 2 is 1.41 bits per heavy atom. The summed E-state index contributed by atoms with van der Waals surface area (Å²) in [5.74, 6) is 0.483. The Bertz CT molecular complexity index is 989. The summed E-state index contributed by atoms with van der Waals surface area (Å²) >= 11 is 0. The average Bonchev–Trinajstić information content (AvgIpc) is 3.26. The Labute approximate surface area is 204 Å². The highest BCUT2D eigenvalue weighted by molar-refractivity contribution is 5.99. The van der Waals surface area contributed by atoms with Crippen LogP contribution in [-0.4, -0.2) is 24.5 Å². The number of carbonyl (C=O) groups is 2. The molecule has 1 fully saturated rings. The molecule has 2 N–H and O–H groups in total. The molecule has 2 aromatic rings. The van der Waals surface area contributed by atoms with E-state index in [2.05, 4.69) is 58.2 Å². The quantitative estimate of drug-likeness (QED) is 0.581. The fourth-order valence-electron chi connectivity index (χ4n) is 4.40. The molecule has 5 heteroatoms. The fourth-order valence-corrected chi connectivity index (χ4v) is 4.40. The zero-order valence-corrected chi connectivity index (χ0v) is 21.8. The first kappa shape index (κ1) is 25.8. The van der Waals surface area contributed by atoms with Gasteiger partial charge in [-0.1, -0.05) is 72.6 Å². The molecule has 0 bridgehead atoms. The Kier molecular flexibility index (Phi) is 7.44. The highest BCUT2D eigenvalue weighted by Crippen LogP contribution is 2.33. The van der Waals surface area contributed by atoms with Crippen molar-refractivity contribution < 1.29 is 14.3 Å². The molecule has 3 rings (SSSR count). The number of nitrogens with one attached hydrogen (secondary N) is 2. The highest BCUT2D eigenvalue weighted by atomic mass is 16.5. The Balaban J connectivity index is 1.81. The van der Waals surface area contributed by atoms with Crippen molar-refractivity contribution in [1.29, 1.82) is 0 Å². The fraction of sp³-hybridized carbons (Fsp3) is 0.517. The molecule has 34 heavy (non-hydrogen) atoms. The molecule has 0 unspecified atom stereocenters. The lowest BCUT2D eigenvalue weighted by atomic mass is 9.79. The zero-order valence-electron chi connectivity index (χ0n) is 21.8. The molecular formula is C29H40N2O3. The molecule has 2 amide bonds. The van der Waals surface area contributed by atoms with Crippen molar-refractivity contribution in [3.8, 4) is 5.75 Å². The molecule has 0 atom stereocenters. The third-order valence-electron chi connectivity index (χ3n) is 6.78. The predicted octanol–water partition coefficient (Wildman–Crippen LogP) is 5.65. The van der Waals surface area contributed by atoms with E-state index in [1.54, 1.807) is 7.11 Å². The van der Waals surface area contributed by atoms with E-state index in [0.717, 1.165) is 35.3 Å². The van der Waals surface area contributed by atoms with Gasteiger partial charge in [-0.25, -0.2) is 0 Å². The van der Waals surface area contributed by atoms with E-state index >= 15 is 0 Å². The summed E-state index contributed by atoms with van der Waals surface area (Å²) in [5.41, 5.74) is 2.80. The Morgan fingerprint density at radius 3 is 1.88 bits per heavy atom. The van der Waals surface area contributed by atoms with Crippen LogP contribution in [-0.2, 0) is 22.2 Å². The molecule has 0 spiro atoms. The van der Waals surface area contributed by atoms with Crippen molar-refractivity contribution in [1.82, 2.24) is 10.6 Å². The first-order valence-electron chi connectivity index (χ1n) is 12.2. The van der Waals surface area contributed by atoms with Gasteiger partial charge in [0.25, 0.3) is 5.91 Å². The van der Waals surface area contributed by atoms with E-state index in [1.807, 2.05) is 36.4 Å². The van der Waals surface area contributed by atoms with Gasteiger partial charge >= 0.3 is 0 Å². The lowest BCUT2D eigenvalue weighted by molar-refractivity contribution is -0.127. The predicted molar refractivity (Wildman–Crippen MR) is 137 cm³/mol. The monoisotopic (exact) mass is 464 g/mol. The molecule has 0 aromatic heterocycles. The van der Waals surface area contributed by atoms with E-state index in [-0.39, 0.29) is 22.6 Å². The minimum Gasteiger partial charge on any atom is -0.497 e. The average molecular weight is 465 g/mol. The first-order chi connectivity index (χ1) is 15.8. The zero-order chi connectivity index (χ0) is 25.1. The number of methoxy groups -OCH3 is 1. The number of hydrogen-bond donors (Lipinski definition) is 2. The maximum atomic E-state index is 13.5. The molecule has 2 aromatic carbocycles. The maximum Gasteiger partial charge on any atom is 0.252 e. The van der Waals surface area contributed by atoms with Crippen LogP contribution in [0.3, 0.4) is 0 Å². The SMILES string of the molecule is COc1ccc(CNC(=O)C2(NC(=O)c3cc(C(C)(C)C)cc(C(C)(C)C)c3)CCCC2)cc1. The summed E-state index contributed by atoms with van der Waals surface area (Å²) in [6.45, 7) is 13.3. The molecule has 1 aliphatic rings. The van der Waals surface area contributed by atoms with Crippen LogP contribution in [0, 0.1) is 0 Å². The summed E-state index contributed by atoms with van der Waals surface area (Å²) in [6.07, 6.45) is 3.15. The van der Waals surface area contributed by atoms with E-state index < -0.39 is 5.54 Å². The largest absolute Gasteiger partial charge is 0.497 e. The van der Waals surface area contributed by atoms with Gasteiger partial charge in [0.2, 0.25) is 5.91 Å². The van der Waals surface area contributed by atoms with Gasteiger partial charge in [-0.15, -0.1) is 0 Å². The summed E-state index contributed by atoms with van der Waals surface area (Å²) in [7, 11) is 1.63. The number of carbonyl (C=O) groups excluding carboxylic acids is 2. The molecule has 1 aliphatic carbocycles. The summed E-state index contributed by atoms with van der Waals surface area (Å²) < 4.78 is 5.20. The third kappa shape index (κ3) is 5.99. The van der Waals surface area contributed by atoms with Crippen molar-refractivity contribution in [3.63, 3.8) is 0 Å². The number of ether oxygens (including phenoxy) is 1. The van der Waals surface area contributed by atoms with Gasteiger partial charge in [0.1, 0.15) is 11.3 Å². The second-order valence-corrected chi connectivity index (χ2v) is 11.6. The normalized spacial score (nSPS) is 15.6. The van der Waals surface area contributed by atoms with Gasteiger partial charge in [-0.3, -0.25) is 9.59 Å². The van der Waals surface area contributed by atoms with Crippen LogP contribution >= 0.6 is 0 Å². The summed E-state index contributed by atoms with van der Waals surface area (Å²) in [4.78, 5) is 26.8. The van der Waals surface area contributed by atoms with Gasteiger partial charge < -0.3 is 15.4 Å². The van der Waals surface area contributed by atoms with Crippen LogP contribution in [0.1, 0.15) is 94.3 Å². The van der Waals surface area contributed by atoms with Gasteiger partial charge in [0.05, 0.1) is 7.11 Å². The standard InChI is InChI=1S/C29H40N2O3/c1-27(2,3)22-16-21(17-23(18-22)28(4,5)6)25(32)31-29(14-8-9-15-29)26(33)30-19-20-10-12-24(34-7)13-11-20/h10-13,16-18H,8-9,14-15,19H2,1-7H3,(H,30,33)(H,31,32). The molecule has 0 saturated heterocycles. The van der Waals surface area contributed by atoms with Gasteiger partial charge in [0.15, 0.2) is 0 Å². The molecule has 1 saturated carbocycles. The summed E-state index contributed by atoms with van der Waals surface area (Å²) in [6, 6.07) is 13.8. The van der Waals surface area contributed by atoms with Crippen LogP contribution in [0.2, 0.25) is 0 Å². The molecular weight excluding hydrogens is 424 g/mol. The van der Waals surface area contributed by atoms with E-state index in [9.17, 15) is 9.59 Å². The van der Waals surface area contributed by atoms with Gasteiger partial charge in [-0.2, -0.15) is 0 Å². The molecule has 0 radical (unpaired) electrons. The molecule has 5 nitrogen and oxygen atoms in total. The highest BCUT2D eigenvalue weighted by Gasteiger charge is 2.42. The third-order valence-corrected chi connectivity index (χ3v) is 6.78. The topological polar surface area (TPSA) is 67.4 Å². The van der Waals surface area contributed by atoms with Crippen molar-refractivity contribution in [2.45, 2.75) is 90.1 Å². The Hall–Kier alpha value is -2.82. The van der Waals surface area contributed by atoms with Gasteiger partial charge in [-0.05, 0) is 64.6 Å². The van der Waals surface area contributed by atoms with E-state index in [4.69, 9.17) is 4.74 Å². The van der Waals surface area contributed by atoms with Crippen molar-refractivity contribution in [3.05, 3.63) is 64.7 Å². The molecule has 0 aliphatic heterocycles. The Morgan fingerprint density at radius 1 is 0.882 bits per heavy atom. The smallest absolute Gasteiger partial charge is 0.252 e. The minimum absolute atomic E-state index is 0.0862. The molecule has 0 heterocycles. The van der Waals surface area contributed by atoms with E-state index in [0.29, 0.717) is 24.9 Å². The van der Waals surface area contributed by atoms with Crippen LogP contribution in [0.25, 0.3) is 0 Å². The van der Waals surface area contributed by atoms with E-state index in [1.165, 1.54) is 0 Å². The maximum absolute atomic E-state index is 13.5. The lowest BCUT2D eigenvalue weighted by Gasteiger charge is -2.30. The van der Waals surface area contributed by atoms with Crippen molar-refractivity contribution >= 4 is 11.8 Å². The van der Waals surface area contributed by atoms with Crippen LogP contribution < -0.4 is 15.4 Å². The van der Waals surface area contributed by atoms with Crippen LogP contribution in [0.5, 0.6) is 5.75 Å². The van der Waals surface area contributed by atoms with Crippen molar-refractivity contribution in [2.24, 2.45) is 0 Å². The summed E-state index contributed by atoms with van der Waals surface area (Å²) in [5, 5.41) is 6.20. The number of amides is 2. The number of rotatable bonds is 6. The number of benzene rings is 2. The molecule has 184 valence electrons. The lowest BCUT2D eigenvalue weighted by Crippen LogP contribution is -2.57. The van der Waals surface area contributed by atoms with Crippen LogP contribution in [0.15, 0.2) is 42.5 Å². The second-order valence-electron chi connectivity index (χ2n) is 11.6. The number of hydrogen-bond acceptors (Lipinski definition) is 3. The first-order valence-corrected chi connectivity index (χ1v) is 12.2. The minimum atomic E-state index is -0.872.